The van der Waals surface area contributed by atoms with Gasteiger partial charge in [0.25, 0.3) is 5.91 Å². The lowest BCUT2D eigenvalue weighted by Crippen LogP contribution is -2.41. The largest absolute Gasteiger partial charge is 0.339 e. The van der Waals surface area contributed by atoms with Gasteiger partial charge in [0.2, 0.25) is 0 Å². The van der Waals surface area contributed by atoms with Gasteiger partial charge in [-0.1, -0.05) is 20.8 Å². The Kier molecular flexibility index (Phi) is 3.69. The molecule has 98 valence electrons. The number of nitrogens with zero attached hydrogens (tertiary/aromatic N) is 2. The molecule has 1 aliphatic rings. The fourth-order valence-electron chi connectivity index (χ4n) is 2.63. The predicted molar refractivity (Wildman–Crippen MR) is 72.3 cm³/mol. The second kappa shape index (κ2) is 5.09. The Balaban J connectivity index is 1.96. The highest BCUT2D eigenvalue weighted by molar-refractivity contribution is 5.94. The smallest absolute Gasteiger partial charge is 0.253 e. The second-order valence-electron chi connectivity index (χ2n) is 6.17. The summed E-state index contributed by atoms with van der Waals surface area (Å²) in [5.41, 5.74) is 1.10. The molecule has 1 fully saturated rings. The van der Waals surface area contributed by atoms with Gasteiger partial charge >= 0.3 is 0 Å². The topological polar surface area (TPSA) is 33.2 Å². The number of amides is 1. The van der Waals surface area contributed by atoms with Gasteiger partial charge in [0, 0.05) is 31.0 Å². The van der Waals surface area contributed by atoms with Crippen LogP contribution >= 0.6 is 0 Å². The van der Waals surface area contributed by atoms with E-state index < -0.39 is 0 Å². The van der Waals surface area contributed by atoms with Crippen molar-refractivity contribution in [3.05, 3.63) is 30.1 Å². The van der Waals surface area contributed by atoms with Crippen LogP contribution in [0.15, 0.2) is 24.5 Å². The summed E-state index contributed by atoms with van der Waals surface area (Å²) in [5.74, 6) is 0.865. The molecule has 1 aliphatic heterocycles. The molecule has 0 N–H and O–H groups in total. The minimum atomic E-state index is 0.143. The number of rotatable bonds is 1. The van der Waals surface area contributed by atoms with Gasteiger partial charge in [-0.2, -0.15) is 0 Å². The molecule has 0 aliphatic carbocycles. The zero-order chi connectivity index (χ0) is 13.2. The van der Waals surface area contributed by atoms with Crippen LogP contribution in [0.1, 0.15) is 44.0 Å². The van der Waals surface area contributed by atoms with Crippen LogP contribution in [-0.4, -0.2) is 28.9 Å². The summed E-state index contributed by atoms with van der Waals surface area (Å²) in [6, 6.07) is 3.58. The maximum atomic E-state index is 12.3. The lowest BCUT2D eigenvalue weighted by Gasteiger charge is -2.38. The maximum Gasteiger partial charge on any atom is 0.253 e. The highest BCUT2D eigenvalue weighted by atomic mass is 16.2. The predicted octanol–water partition coefficient (Wildman–Crippen LogP) is 2.98. The van der Waals surface area contributed by atoms with Gasteiger partial charge in [-0.25, -0.2) is 0 Å². The minimum absolute atomic E-state index is 0.143. The third-order valence-electron chi connectivity index (χ3n) is 3.93. The summed E-state index contributed by atoms with van der Waals surface area (Å²) in [6.45, 7) is 8.63. The first-order valence-electron chi connectivity index (χ1n) is 6.68. The lowest BCUT2D eigenvalue weighted by atomic mass is 9.75. The quantitative estimate of drug-likeness (QED) is 0.763. The minimum Gasteiger partial charge on any atom is -0.339 e. The fourth-order valence-corrected chi connectivity index (χ4v) is 2.63. The van der Waals surface area contributed by atoms with E-state index in [0.717, 1.165) is 37.4 Å². The summed E-state index contributed by atoms with van der Waals surface area (Å²) in [6.07, 6.45) is 5.57. The Labute approximate surface area is 109 Å². The molecule has 0 spiro atoms. The van der Waals surface area contributed by atoms with Crippen LogP contribution in [0, 0.1) is 11.3 Å². The molecule has 1 saturated heterocycles. The first-order chi connectivity index (χ1) is 8.48. The molecule has 0 saturated carbocycles. The number of aromatic nitrogens is 1. The van der Waals surface area contributed by atoms with Crippen molar-refractivity contribution in [2.24, 2.45) is 11.3 Å². The molecule has 0 aromatic carbocycles. The number of carbonyl (C=O) groups excluding carboxylic acids is 1. The number of likely N-dealkylation sites (tertiary alicyclic amines) is 1. The fraction of sp³-hybridized carbons (Fsp3) is 0.600. The van der Waals surface area contributed by atoms with Crippen LogP contribution in [0.2, 0.25) is 0 Å². The molecule has 1 aromatic heterocycles. The van der Waals surface area contributed by atoms with Crippen LogP contribution in [0.5, 0.6) is 0 Å². The van der Waals surface area contributed by atoms with Crippen molar-refractivity contribution in [2.45, 2.75) is 33.6 Å². The number of carbonyl (C=O) groups is 1. The van der Waals surface area contributed by atoms with Gasteiger partial charge in [-0.3, -0.25) is 9.78 Å². The highest BCUT2D eigenvalue weighted by Crippen LogP contribution is 2.34. The first-order valence-corrected chi connectivity index (χ1v) is 6.68. The molecule has 18 heavy (non-hydrogen) atoms. The van der Waals surface area contributed by atoms with E-state index in [9.17, 15) is 4.79 Å². The zero-order valence-corrected chi connectivity index (χ0v) is 11.5. The number of hydrogen-bond acceptors (Lipinski definition) is 2. The molecule has 3 nitrogen and oxygen atoms in total. The molecule has 1 amide bonds. The number of piperidine rings is 1. The van der Waals surface area contributed by atoms with Crippen LogP contribution < -0.4 is 0 Å². The third-order valence-corrected chi connectivity index (χ3v) is 3.93. The van der Waals surface area contributed by atoms with Gasteiger partial charge < -0.3 is 4.90 Å². The van der Waals surface area contributed by atoms with E-state index in [1.165, 1.54) is 0 Å². The van der Waals surface area contributed by atoms with E-state index in [1.54, 1.807) is 24.5 Å². The Morgan fingerprint density at radius 1 is 1.22 bits per heavy atom. The second-order valence-corrected chi connectivity index (χ2v) is 6.17. The highest BCUT2D eigenvalue weighted by Gasteiger charge is 2.30. The van der Waals surface area contributed by atoms with E-state index in [1.807, 2.05) is 4.90 Å². The molecular formula is C15H22N2O. The Morgan fingerprint density at radius 3 is 2.28 bits per heavy atom. The third kappa shape index (κ3) is 2.89. The summed E-state index contributed by atoms with van der Waals surface area (Å²) in [5, 5.41) is 0. The van der Waals surface area contributed by atoms with E-state index >= 15 is 0 Å². The Bertz CT molecular complexity index is 400. The zero-order valence-electron chi connectivity index (χ0n) is 11.5. The molecule has 1 aromatic rings. The van der Waals surface area contributed by atoms with Gasteiger partial charge in [0.05, 0.1) is 0 Å². The summed E-state index contributed by atoms with van der Waals surface area (Å²) < 4.78 is 0. The van der Waals surface area contributed by atoms with E-state index in [-0.39, 0.29) is 5.91 Å². The SMILES string of the molecule is CC(C)(C)C1CCN(C(=O)c2ccncc2)CC1. The Hall–Kier alpha value is -1.38. The van der Waals surface area contributed by atoms with Crippen molar-refractivity contribution < 1.29 is 4.79 Å². The first kappa shape index (κ1) is 13.1. The van der Waals surface area contributed by atoms with E-state index in [4.69, 9.17) is 0 Å². The van der Waals surface area contributed by atoms with Gasteiger partial charge in [-0.05, 0) is 36.3 Å². The van der Waals surface area contributed by atoms with Crippen LogP contribution in [-0.2, 0) is 0 Å². The van der Waals surface area contributed by atoms with E-state index in [2.05, 4.69) is 25.8 Å². The van der Waals surface area contributed by atoms with Crippen LogP contribution in [0.3, 0.4) is 0 Å². The molecular weight excluding hydrogens is 224 g/mol. The van der Waals surface area contributed by atoms with Gasteiger partial charge in [0.15, 0.2) is 0 Å². The van der Waals surface area contributed by atoms with Crippen molar-refractivity contribution >= 4 is 5.91 Å². The van der Waals surface area contributed by atoms with Crippen LogP contribution in [0.4, 0.5) is 0 Å². The molecule has 0 bridgehead atoms. The maximum absolute atomic E-state index is 12.3. The standard InChI is InChI=1S/C15H22N2O/c1-15(2,3)13-6-10-17(11-7-13)14(18)12-4-8-16-9-5-12/h4-5,8-9,13H,6-7,10-11H2,1-3H3. The van der Waals surface area contributed by atoms with Crippen molar-refractivity contribution in [3.8, 4) is 0 Å². The van der Waals surface area contributed by atoms with Gasteiger partial charge in [-0.15, -0.1) is 0 Å². The molecule has 0 unspecified atom stereocenters. The molecule has 0 atom stereocenters. The normalized spacial score (nSPS) is 17.8. The number of pyridine rings is 1. The van der Waals surface area contributed by atoms with Crippen molar-refractivity contribution in [1.82, 2.24) is 9.88 Å². The Morgan fingerprint density at radius 2 is 1.78 bits per heavy atom. The molecule has 2 heterocycles. The molecule has 2 rings (SSSR count). The lowest BCUT2D eigenvalue weighted by molar-refractivity contribution is 0.0608. The van der Waals surface area contributed by atoms with Gasteiger partial charge in [0.1, 0.15) is 0 Å². The number of hydrogen-bond donors (Lipinski definition) is 0. The summed E-state index contributed by atoms with van der Waals surface area (Å²) in [4.78, 5) is 18.2. The van der Waals surface area contributed by atoms with Crippen molar-refractivity contribution in [2.75, 3.05) is 13.1 Å². The van der Waals surface area contributed by atoms with Crippen molar-refractivity contribution in [3.63, 3.8) is 0 Å². The average molecular weight is 246 g/mol. The van der Waals surface area contributed by atoms with Crippen molar-refractivity contribution in [1.29, 1.82) is 0 Å². The average Bonchev–Trinajstić information content (AvgIpc) is 2.38. The van der Waals surface area contributed by atoms with E-state index in [0.29, 0.717) is 5.41 Å². The monoisotopic (exact) mass is 246 g/mol. The molecule has 0 radical (unpaired) electrons. The molecule has 3 heteroatoms. The summed E-state index contributed by atoms with van der Waals surface area (Å²) in [7, 11) is 0. The van der Waals surface area contributed by atoms with Crippen LogP contribution in [0.25, 0.3) is 0 Å². The summed E-state index contributed by atoms with van der Waals surface area (Å²) >= 11 is 0.